The highest BCUT2D eigenvalue weighted by Gasteiger charge is 2.37. The lowest BCUT2D eigenvalue weighted by atomic mass is 9.75. The van der Waals surface area contributed by atoms with Gasteiger partial charge >= 0.3 is 5.97 Å². The van der Waals surface area contributed by atoms with Gasteiger partial charge in [-0.25, -0.2) is 4.79 Å². The molecule has 0 aromatic rings. The Morgan fingerprint density at radius 1 is 1.59 bits per heavy atom. The number of hydrogen-bond donors (Lipinski definition) is 1. The number of aliphatic imine (C=N–C) groups is 1. The molecule has 4 nitrogen and oxygen atoms in total. The van der Waals surface area contributed by atoms with E-state index < -0.39 is 5.97 Å². The van der Waals surface area contributed by atoms with Crippen LogP contribution in [0, 0.1) is 11.8 Å². The smallest absolute Gasteiger partial charge is 0.343 e. The molecule has 1 N–H and O–H groups in total. The predicted molar refractivity (Wildman–Crippen MR) is 65.1 cm³/mol. The van der Waals surface area contributed by atoms with Crippen LogP contribution in [-0.4, -0.2) is 29.9 Å². The third-order valence-electron chi connectivity index (χ3n) is 3.67. The molecule has 4 heteroatoms. The van der Waals surface area contributed by atoms with Crippen molar-refractivity contribution in [1.82, 2.24) is 0 Å². The van der Waals surface area contributed by atoms with E-state index in [1.54, 1.807) is 6.92 Å². The normalized spacial score (nSPS) is 32.2. The van der Waals surface area contributed by atoms with Crippen LogP contribution in [-0.2, 0) is 9.53 Å². The van der Waals surface area contributed by atoms with Crippen LogP contribution in [0.4, 0.5) is 0 Å². The van der Waals surface area contributed by atoms with E-state index in [9.17, 15) is 9.90 Å². The molecule has 3 atom stereocenters. The Balaban J connectivity index is 2.22. The van der Waals surface area contributed by atoms with Crippen molar-refractivity contribution in [2.24, 2.45) is 16.8 Å². The van der Waals surface area contributed by atoms with E-state index in [-0.39, 0.29) is 23.3 Å². The van der Waals surface area contributed by atoms with Crippen LogP contribution in [0.25, 0.3) is 0 Å². The number of hydrogen-bond acceptors (Lipinski definition) is 4. The zero-order valence-electron chi connectivity index (χ0n) is 10.3. The summed E-state index contributed by atoms with van der Waals surface area (Å²) < 4.78 is 4.91. The molecule has 1 aliphatic carbocycles. The molecule has 0 spiro atoms. The summed E-state index contributed by atoms with van der Waals surface area (Å²) in [6.07, 6.45) is 4.61. The van der Waals surface area contributed by atoms with Crippen LogP contribution in [0.15, 0.2) is 16.3 Å². The fourth-order valence-electron chi connectivity index (χ4n) is 2.74. The van der Waals surface area contributed by atoms with Gasteiger partial charge < -0.3 is 9.84 Å². The number of fused-ring (bicyclic) bond motifs is 1. The van der Waals surface area contributed by atoms with Gasteiger partial charge in [0.15, 0.2) is 0 Å². The molecule has 0 aromatic carbocycles. The fraction of sp³-hybridized carbons (Fsp3) is 0.692. The number of dihydropyridines is 1. The standard InChI is InChI=1S/C13H19NO3/c1-3-17-13(16)10-7-14-11-8(2)5-4-6-9(11)12(10)15/h7-9,11,15H,3-6H2,1-2H3. The molecule has 0 amide bonds. The van der Waals surface area contributed by atoms with Gasteiger partial charge in [0.25, 0.3) is 0 Å². The number of esters is 1. The van der Waals surface area contributed by atoms with E-state index in [0.29, 0.717) is 12.5 Å². The van der Waals surface area contributed by atoms with E-state index in [0.717, 1.165) is 19.3 Å². The maximum atomic E-state index is 11.6. The molecule has 0 radical (unpaired) electrons. The topological polar surface area (TPSA) is 58.9 Å². The van der Waals surface area contributed by atoms with Gasteiger partial charge in [-0.1, -0.05) is 13.3 Å². The molecule has 2 rings (SSSR count). The van der Waals surface area contributed by atoms with Crippen LogP contribution >= 0.6 is 0 Å². The minimum atomic E-state index is -0.467. The number of aliphatic hydroxyl groups is 1. The summed E-state index contributed by atoms with van der Waals surface area (Å²) in [5, 5.41) is 10.2. The molecule has 1 saturated carbocycles. The van der Waals surface area contributed by atoms with Gasteiger partial charge in [-0.05, 0) is 25.7 Å². The Hall–Kier alpha value is -1.32. The lowest BCUT2D eigenvalue weighted by Gasteiger charge is -2.35. The first kappa shape index (κ1) is 12.1. The third kappa shape index (κ3) is 2.21. The SMILES string of the molecule is CCOC(=O)C1=C(O)C2CCCC(C)C2N=C1. The average molecular weight is 237 g/mol. The molecular weight excluding hydrogens is 218 g/mol. The van der Waals surface area contributed by atoms with Gasteiger partial charge in [-0.15, -0.1) is 0 Å². The number of aliphatic hydroxyl groups excluding tert-OH is 1. The van der Waals surface area contributed by atoms with Crippen molar-refractivity contribution in [2.75, 3.05) is 6.61 Å². The zero-order valence-corrected chi connectivity index (χ0v) is 10.3. The number of nitrogens with zero attached hydrogens (tertiary/aromatic N) is 1. The van der Waals surface area contributed by atoms with Gasteiger partial charge in [0.05, 0.1) is 12.6 Å². The molecule has 94 valence electrons. The summed E-state index contributed by atoms with van der Waals surface area (Å²) in [6.45, 7) is 4.21. The van der Waals surface area contributed by atoms with Gasteiger partial charge in [0, 0.05) is 12.1 Å². The van der Waals surface area contributed by atoms with Crippen molar-refractivity contribution in [2.45, 2.75) is 39.2 Å². The number of carbonyl (C=O) groups excluding carboxylic acids is 1. The lowest BCUT2D eigenvalue weighted by Crippen LogP contribution is -2.36. The van der Waals surface area contributed by atoms with Crippen LogP contribution in [0.1, 0.15) is 33.1 Å². The van der Waals surface area contributed by atoms with Crippen LogP contribution in [0.3, 0.4) is 0 Å². The quantitative estimate of drug-likeness (QED) is 0.749. The van der Waals surface area contributed by atoms with Gasteiger partial charge in [0.1, 0.15) is 11.3 Å². The first-order valence-corrected chi connectivity index (χ1v) is 6.28. The second kappa shape index (κ2) is 4.90. The van der Waals surface area contributed by atoms with Crippen molar-refractivity contribution in [3.05, 3.63) is 11.3 Å². The summed E-state index contributed by atoms with van der Waals surface area (Å²) in [6, 6.07) is 0.127. The zero-order chi connectivity index (χ0) is 12.4. The molecule has 1 fully saturated rings. The number of rotatable bonds is 2. The Morgan fingerprint density at radius 3 is 3.06 bits per heavy atom. The minimum Gasteiger partial charge on any atom is -0.511 e. The van der Waals surface area contributed by atoms with Gasteiger partial charge in [-0.3, -0.25) is 4.99 Å². The van der Waals surface area contributed by atoms with E-state index in [4.69, 9.17) is 4.74 Å². The first-order valence-electron chi connectivity index (χ1n) is 6.28. The largest absolute Gasteiger partial charge is 0.511 e. The highest BCUT2D eigenvalue weighted by molar-refractivity contribution is 6.10. The lowest BCUT2D eigenvalue weighted by molar-refractivity contribution is -0.138. The molecule has 0 bridgehead atoms. The molecule has 1 aliphatic heterocycles. The van der Waals surface area contributed by atoms with Crippen molar-refractivity contribution >= 4 is 12.2 Å². The molecule has 17 heavy (non-hydrogen) atoms. The van der Waals surface area contributed by atoms with E-state index in [1.807, 2.05) is 0 Å². The molecule has 2 aliphatic rings. The minimum absolute atomic E-state index is 0.00292. The predicted octanol–water partition coefficient (Wildman–Crippen LogP) is 2.25. The average Bonchev–Trinajstić information content (AvgIpc) is 2.31. The summed E-state index contributed by atoms with van der Waals surface area (Å²) in [7, 11) is 0. The van der Waals surface area contributed by atoms with Crippen molar-refractivity contribution < 1.29 is 14.6 Å². The number of ether oxygens (including phenoxy) is 1. The Labute approximate surface area is 101 Å². The molecular formula is C13H19NO3. The maximum Gasteiger partial charge on any atom is 0.343 e. The van der Waals surface area contributed by atoms with Crippen LogP contribution < -0.4 is 0 Å². The Kier molecular flexibility index (Phi) is 3.50. The monoisotopic (exact) mass is 237 g/mol. The molecule has 3 unspecified atom stereocenters. The Morgan fingerprint density at radius 2 is 2.35 bits per heavy atom. The van der Waals surface area contributed by atoms with E-state index >= 15 is 0 Å². The Bertz CT molecular complexity index is 373. The highest BCUT2D eigenvalue weighted by Crippen LogP contribution is 2.38. The van der Waals surface area contributed by atoms with E-state index in [2.05, 4.69) is 11.9 Å². The third-order valence-corrected chi connectivity index (χ3v) is 3.67. The number of carbonyl (C=O) groups is 1. The highest BCUT2D eigenvalue weighted by atomic mass is 16.5. The molecule has 1 heterocycles. The second-order valence-electron chi connectivity index (χ2n) is 4.80. The van der Waals surface area contributed by atoms with Crippen molar-refractivity contribution in [1.29, 1.82) is 0 Å². The van der Waals surface area contributed by atoms with Crippen molar-refractivity contribution in [3.63, 3.8) is 0 Å². The maximum absolute atomic E-state index is 11.6. The van der Waals surface area contributed by atoms with Crippen molar-refractivity contribution in [3.8, 4) is 0 Å². The summed E-state index contributed by atoms with van der Waals surface area (Å²) in [5.41, 5.74) is 0.238. The van der Waals surface area contributed by atoms with Gasteiger partial charge in [0.2, 0.25) is 0 Å². The summed E-state index contributed by atoms with van der Waals surface area (Å²) in [5.74, 6) is 0.180. The van der Waals surface area contributed by atoms with E-state index in [1.165, 1.54) is 6.21 Å². The van der Waals surface area contributed by atoms with Gasteiger partial charge in [-0.2, -0.15) is 0 Å². The second-order valence-corrected chi connectivity index (χ2v) is 4.80. The van der Waals surface area contributed by atoms with Crippen LogP contribution in [0.2, 0.25) is 0 Å². The molecule has 0 saturated heterocycles. The fourth-order valence-corrected chi connectivity index (χ4v) is 2.74. The summed E-state index contributed by atoms with van der Waals surface area (Å²) >= 11 is 0. The molecule has 0 aromatic heterocycles. The summed E-state index contributed by atoms with van der Waals surface area (Å²) in [4.78, 5) is 16.1. The first-order chi connectivity index (χ1) is 8.15. The van der Waals surface area contributed by atoms with Crippen LogP contribution in [0.5, 0.6) is 0 Å².